The van der Waals surface area contributed by atoms with Crippen molar-refractivity contribution in [2.45, 2.75) is 45.2 Å². The first-order valence-corrected chi connectivity index (χ1v) is 13.7. The van der Waals surface area contributed by atoms with Crippen LogP contribution in [0.3, 0.4) is 0 Å². The van der Waals surface area contributed by atoms with Crippen molar-refractivity contribution in [1.29, 1.82) is 0 Å². The van der Waals surface area contributed by atoms with Gasteiger partial charge in [0.15, 0.2) is 16.5 Å². The van der Waals surface area contributed by atoms with Crippen LogP contribution in [-0.4, -0.2) is 46.9 Å². The van der Waals surface area contributed by atoms with Gasteiger partial charge >= 0.3 is 0 Å². The smallest absolute Gasteiger partial charge is 0.240 e. The van der Waals surface area contributed by atoms with Crippen molar-refractivity contribution in [3.05, 3.63) is 78.5 Å². The lowest BCUT2D eigenvalue weighted by atomic mass is 9.79. The molecular weight excluding hydrogens is 483 g/mol. The van der Waals surface area contributed by atoms with E-state index in [1.54, 1.807) is 10.9 Å². The highest BCUT2D eigenvalue weighted by Gasteiger charge is 2.53. The predicted octanol–water partition coefficient (Wildman–Crippen LogP) is 4.08. The molecule has 2 aromatic heterocycles. The highest BCUT2D eigenvalue weighted by molar-refractivity contribution is 6.80. The summed E-state index contributed by atoms with van der Waals surface area (Å²) in [5.74, 6) is 0. The van der Waals surface area contributed by atoms with Crippen molar-refractivity contribution >= 4 is 42.2 Å². The number of ether oxygens (including phenoxy) is 1. The van der Waals surface area contributed by atoms with Gasteiger partial charge in [0.2, 0.25) is 9.04 Å². The Bertz CT molecular complexity index is 1260. The summed E-state index contributed by atoms with van der Waals surface area (Å²) in [6.07, 6.45) is 1.81. The average molecular weight is 511 g/mol. The Hall–Kier alpha value is -2.65. The first-order valence-electron chi connectivity index (χ1n) is 11.7. The molecule has 182 valence electrons. The van der Waals surface area contributed by atoms with Crippen LogP contribution < -0.4 is 10.4 Å². The predicted molar refractivity (Wildman–Crippen MR) is 137 cm³/mol. The van der Waals surface area contributed by atoms with Gasteiger partial charge in [-0.05, 0) is 15.8 Å². The molecule has 0 N–H and O–H groups in total. The maximum atomic E-state index is 16.9. The average Bonchev–Trinajstić information content (AvgIpc) is 3.45. The summed E-state index contributed by atoms with van der Waals surface area (Å²) in [5.41, 5.74) is -1.18. The zero-order valence-electron chi connectivity index (χ0n) is 19.9. The van der Waals surface area contributed by atoms with Crippen molar-refractivity contribution in [3.63, 3.8) is 0 Å². The summed E-state index contributed by atoms with van der Waals surface area (Å²) < 4.78 is 31.5. The number of hydrogen-bond donors (Lipinski definition) is 0. The van der Waals surface area contributed by atoms with Crippen LogP contribution in [0.1, 0.15) is 33.4 Å². The fourth-order valence-corrected chi connectivity index (χ4v) is 7.83. The molecule has 0 aliphatic carbocycles. The topological polar surface area (TPSA) is 62.1 Å². The number of alkyl halides is 1. The molecule has 0 radical (unpaired) electrons. The minimum absolute atomic E-state index is 0.0806. The maximum Gasteiger partial charge on any atom is 0.240 e. The van der Waals surface area contributed by atoms with Crippen LogP contribution in [0.2, 0.25) is 5.15 Å². The third-order valence-corrected chi connectivity index (χ3v) is 9.19. The molecule has 2 aromatic carbocycles. The number of rotatable bonds is 6. The second kappa shape index (κ2) is 9.42. The lowest BCUT2D eigenvalue weighted by molar-refractivity contribution is -0.0573. The van der Waals surface area contributed by atoms with Gasteiger partial charge in [-0.3, -0.25) is 4.57 Å². The van der Waals surface area contributed by atoms with E-state index in [2.05, 4.69) is 39.2 Å². The Balaban J connectivity index is 1.48. The molecule has 9 heteroatoms. The van der Waals surface area contributed by atoms with Crippen LogP contribution in [0, 0.1) is 5.41 Å². The van der Waals surface area contributed by atoms with E-state index in [9.17, 15) is 0 Å². The standard InChI is InChI=1S/C26H28ClFN4O2Si/c1-25(2,3)24(34-35(18-10-6-4-7-11-18)19-12-8-5-9-13-19)26(28)14-20(33-15-26)32-17-31-21-22(27)29-16-30-23(21)32/h4-13,16-17,20,24,35H,14-15H2,1-3H3. The van der Waals surface area contributed by atoms with Crippen molar-refractivity contribution in [3.8, 4) is 0 Å². The lowest BCUT2D eigenvalue weighted by Gasteiger charge is -2.41. The van der Waals surface area contributed by atoms with Crippen LogP contribution in [0.15, 0.2) is 73.3 Å². The first kappa shape index (κ1) is 24.1. The second-order valence-electron chi connectivity index (χ2n) is 10.1. The number of halogens is 2. The molecular formula is C26H28ClFN4O2Si. The number of benzene rings is 2. The third kappa shape index (κ3) is 4.76. The zero-order chi connectivity index (χ0) is 24.6. The Morgan fingerprint density at radius 3 is 2.29 bits per heavy atom. The van der Waals surface area contributed by atoms with E-state index in [-0.39, 0.29) is 18.2 Å². The van der Waals surface area contributed by atoms with Crippen LogP contribution >= 0.6 is 11.6 Å². The van der Waals surface area contributed by atoms with Gasteiger partial charge in [-0.1, -0.05) is 93.0 Å². The van der Waals surface area contributed by atoms with E-state index in [1.165, 1.54) is 6.33 Å². The van der Waals surface area contributed by atoms with Crippen molar-refractivity contribution in [2.75, 3.05) is 6.61 Å². The Morgan fingerprint density at radius 2 is 1.69 bits per heavy atom. The fraction of sp³-hybridized carbons (Fsp3) is 0.346. The Morgan fingerprint density at radius 1 is 1.06 bits per heavy atom. The molecule has 3 unspecified atom stereocenters. The molecule has 6 nitrogen and oxygen atoms in total. The first-order chi connectivity index (χ1) is 16.8. The summed E-state index contributed by atoms with van der Waals surface area (Å²) in [4.78, 5) is 12.6. The summed E-state index contributed by atoms with van der Waals surface area (Å²) in [5, 5.41) is 2.48. The Labute approximate surface area is 210 Å². The molecule has 1 aliphatic heterocycles. The van der Waals surface area contributed by atoms with E-state index >= 15 is 4.39 Å². The van der Waals surface area contributed by atoms with Gasteiger partial charge in [0, 0.05) is 6.42 Å². The van der Waals surface area contributed by atoms with Gasteiger partial charge in [0.05, 0.1) is 19.0 Å². The van der Waals surface area contributed by atoms with Crippen molar-refractivity contribution < 1.29 is 13.6 Å². The molecule has 0 spiro atoms. The van der Waals surface area contributed by atoms with Gasteiger partial charge in [0.25, 0.3) is 0 Å². The fourth-order valence-electron chi connectivity index (χ4n) is 4.88. The van der Waals surface area contributed by atoms with Crippen LogP contribution in [-0.2, 0) is 9.16 Å². The minimum Gasteiger partial charge on any atom is -0.404 e. The quantitative estimate of drug-likeness (QED) is 0.289. The SMILES string of the molecule is CC(C)(C)C(O[SiH](c1ccccc1)c1ccccc1)C1(F)COC(n2cnc3c(Cl)ncnc32)C1. The normalized spacial score (nSPS) is 21.6. The van der Waals surface area contributed by atoms with E-state index in [0.717, 1.165) is 10.4 Å². The summed E-state index contributed by atoms with van der Waals surface area (Å²) in [6, 6.07) is 20.3. The molecule has 35 heavy (non-hydrogen) atoms. The third-order valence-electron chi connectivity index (χ3n) is 6.39. The number of fused-ring (bicyclic) bond motifs is 1. The molecule has 4 aromatic rings. The van der Waals surface area contributed by atoms with Gasteiger partial charge in [-0.2, -0.15) is 0 Å². The summed E-state index contributed by atoms with van der Waals surface area (Å²) in [7, 11) is -2.19. The molecule has 3 heterocycles. The summed E-state index contributed by atoms with van der Waals surface area (Å²) >= 11 is 6.16. The maximum absolute atomic E-state index is 16.9. The second-order valence-corrected chi connectivity index (χ2v) is 12.8. The molecule has 1 aliphatic rings. The van der Waals surface area contributed by atoms with Crippen LogP contribution in [0.5, 0.6) is 0 Å². The van der Waals surface area contributed by atoms with E-state index in [1.807, 2.05) is 57.2 Å². The van der Waals surface area contributed by atoms with Gasteiger partial charge in [-0.25, -0.2) is 19.3 Å². The van der Waals surface area contributed by atoms with Crippen molar-refractivity contribution in [2.24, 2.45) is 5.41 Å². The number of hydrogen-bond acceptors (Lipinski definition) is 5. The molecule has 5 rings (SSSR count). The highest BCUT2D eigenvalue weighted by atomic mass is 35.5. The molecule has 0 saturated carbocycles. The molecule has 3 atom stereocenters. The van der Waals surface area contributed by atoms with E-state index in [4.69, 9.17) is 20.8 Å². The van der Waals surface area contributed by atoms with Crippen LogP contribution in [0.25, 0.3) is 11.2 Å². The number of aromatic nitrogens is 4. The van der Waals surface area contributed by atoms with E-state index < -0.39 is 32.5 Å². The lowest BCUT2D eigenvalue weighted by Crippen LogP contribution is -2.56. The number of imidazole rings is 1. The molecule has 1 saturated heterocycles. The summed E-state index contributed by atoms with van der Waals surface area (Å²) in [6.45, 7) is 5.98. The van der Waals surface area contributed by atoms with Gasteiger partial charge in [0.1, 0.15) is 18.1 Å². The largest absolute Gasteiger partial charge is 0.404 e. The monoisotopic (exact) mass is 510 g/mol. The van der Waals surface area contributed by atoms with Crippen molar-refractivity contribution in [1.82, 2.24) is 19.5 Å². The van der Waals surface area contributed by atoms with E-state index in [0.29, 0.717) is 11.2 Å². The highest BCUT2D eigenvalue weighted by Crippen LogP contribution is 2.44. The minimum atomic E-state index is -2.19. The molecule has 1 fully saturated rings. The Kier molecular flexibility index (Phi) is 6.48. The van der Waals surface area contributed by atoms with Gasteiger partial charge < -0.3 is 9.16 Å². The van der Waals surface area contributed by atoms with Crippen LogP contribution in [0.4, 0.5) is 4.39 Å². The zero-order valence-corrected chi connectivity index (χ0v) is 21.8. The molecule has 0 bridgehead atoms. The molecule has 0 amide bonds. The van der Waals surface area contributed by atoms with Gasteiger partial charge in [-0.15, -0.1) is 0 Å². The number of nitrogens with zero attached hydrogens (tertiary/aromatic N) is 4.